The highest BCUT2D eigenvalue weighted by Gasteiger charge is 2.32. The van der Waals surface area contributed by atoms with Crippen molar-refractivity contribution in [1.82, 2.24) is 4.90 Å². The molecule has 4 heteroatoms. The van der Waals surface area contributed by atoms with Crippen molar-refractivity contribution in [3.05, 3.63) is 0 Å². The Labute approximate surface area is 83.7 Å². The largest absolute Gasteiger partial charge is 0.396 e. The van der Waals surface area contributed by atoms with Crippen molar-refractivity contribution in [3.8, 4) is 0 Å². The van der Waals surface area contributed by atoms with Gasteiger partial charge < -0.3 is 10.0 Å². The van der Waals surface area contributed by atoms with Gasteiger partial charge in [-0.05, 0) is 12.8 Å². The normalized spacial score (nSPS) is 30.6. The molecule has 0 aromatic rings. The number of carbonyl (C=O) groups excluding carboxylic acids is 1. The van der Waals surface area contributed by atoms with E-state index in [0.29, 0.717) is 12.5 Å². The third kappa shape index (κ3) is 2.35. The Morgan fingerprint density at radius 2 is 2.31 bits per heavy atom. The molecule has 1 rings (SSSR count). The van der Waals surface area contributed by atoms with Gasteiger partial charge in [-0.25, -0.2) is 0 Å². The van der Waals surface area contributed by atoms with Gasteiger partial charge in [-0.1, -0.05) is 6.92 Å². The molecule has 76 valence electrons. The standard InChI is InChI=1S/C9H16ClNO2/c1-6-3-11(4-8(6)5-12)9(13)7(2)10/h6-8,12H,3-5H2,1-2H3/t6-,7+,8-/m1/s1. The smallest absolute Gasteiger partial charge is 0.240 e. The Hall–Kier alpha value is -0.280. The number of nitrogens with zero attached hydrogens (tertiary/aromatic N) is 1. The van der Waals surface area contributed by atoms with Crippen LogP contribution in [0.3, 0.4) is 0 Å². The first-order valence-corrected chi connectivity index (χ1v) is 5.03. The van der Waals surface area contributed by atoms with E-state index in [-0.39, 0.29) is 18.4 Å². The van der Waals surface area contributed by atoms with Crippen molar-refractivity contribution in [2.45, 2.75) is 19.2 Å². The van der Waals surface area contributed by atoms with Crippen LogP contribution >= 0.6 is 11.6 Å². The van der Waals surface area contributed by atoms with Crippen LogP contribution in [0, 0.1) is 11.8 Å². The lowest BCUT2D eigenvalue weighted by atomic mass is 10.00. The predicted octanol–water partition coefficient (Wildman–Crippen LogP) is 0.701. The molecule has 1 aliphatic heterocycles. The van der Waals surface area contributed by atoms with Crippen molar-refractivity contribution < 1.29 is 9.90 Å². The van der Waals surface area contributed by atoms with Crippen molar-refractivity contribution >= 4 is 17.5 Å². The Bertz CT molecular complexity index is 196. The molecule has 0 spiro atoms. The minimum atomic E-state index is -0.454. The molecule has 3 atom stereocenters. The number of carbonyl (C=O) groups is 1. The number of hydrogen-bond donors (Lipinski definition) is 1. The van der Waals surface area contributed by atoms with Crippen molar-refractivity contribution in [3.63, 3.8) is 0 Å². The van der Waals surface area contributed by atoms with E-state index in [0.717, 1.165) is 6.54 Å². The number of alkyl halides is 1. The highest BCUT2D eigenvalue weighted by atomic mass is 35.5. The van der Waals surface area contributed by atoms with E-state index >= 15 is 0 Å². The molecule has 0 aromatic heterocycles. The molecular formula is C9H16ClNO2. The molecule has 0 unspecified atom stereocenters. The summed E-state index contributed by atoms with van der Waals surface area (Å²) in [6, 6.07) is 0. The van der Waals surface area contributed by atoms with Crippen LogP contribution in [0.5, 0.6) is 0 Å². The van der Waals surface area contributed by atoms with Crippen LogP contribution in [-0.4, -0.2) is 41.0 Å². The molecule has 0 aliphatic carbocycles. The number of aliphatic hydroxyl groups excluding tert-OH is 1. The maximum Gasteiger partial charge on any atom is 0.240 e. The summed E-state index contributed by atoms with van der Waals surface area (Å²) in [5.41, 5.74) is 0. The van der Waals surface area contributed by atoms with Crippen LogP contribution in [0.15, 0.2) is 0 Å². The highest BCUT2D eigenvalue weighted by Crippen LogP contribution is 2.23. The van der Waals surface area contributed by atoms with Crippen LogP contribution in [0.1, 0.15) is 13.8 Å². The lowest BCUT2D eigenvalue weighted by Gasteiger charge is -2.17. The summed E-state index contributed by atoms with van der Waals surface area (Å²) < 4.78 is 0. The van der Waals surface area contributed by atoms with Crippen LogP contribution < -0.4 is 0 Å². The molecule has 1 N–H and O–H groups in total. The van der Waals surface area contributed by atoms with Gasteiger partial charge in [-0.3, -0.25) is 4.79 Å². The zero-order valence-corrected chi connectivity index (χ0v) is 8.79. The van der Waals surface area contributed by atoms with E-state index in [9.17, 15) is 4.79 Å². The Morgan fingerprint density at radius 1 is 1.69 bits per heavy atom. The lowest BCUT2D eigenvalue weighted by molar-refractivity contribution is -0.129. The monoisotopic (exact) mass is 205 g/mol. The van der Waals surface area contributed by atoms with E-state index in [1.807, 2.05) is 6.92 Å². The molecule has 0 saturated carbocycles. The first kappa shape index (κ1) is 10.8. The maximum absolute atomic E-state index is 11.5. The zero-order valence-electron chi connectivity index (χ0n) is 8.03. The van der Waals surface area contributed by atoms with Gasteiger partial charge in [0.15, 0.2) is 0 Å². The minimum absolute atomic E-state index is 0.0236. The van der Waals surface area contributed by atoms with E-state index in [1.165, 1.54) is 0 Å². The van der Waals surface area contributed by atoms with Gasteiger partial charge in [0.05, 0.1) is 0 Å². The van der Waals surface area contributed by atoms with E-state index in [4.69, 9.17) is 16.7 Å². The molecule has 0 radical (unpaired) electrons. The quantitative estimate of drug-likeness (QED) is 0.675. The molecule has 0 aromatic carbocycles. The topological polar surface area (TPSA) is 40.5 Å². The summed E-state index contributed by atoms with van der Waals surface area (Å²) in [5.74, 6) is 0.577. The molecule has 1 amide bonds. The molecule has 1 saturated heterocycles. The first-order chi connectivity index (χ1) is 6.06. The van der Waals surface area contributed by atoms with Gasteiger partial charge in [0.2, 0.25) is 5.91 Å². The maximum atomic E-state index is 11.5. The first-order valence-electron chi connectivity index (χ1n) is 4.60. The van der Waals surface area contributed by atoms with Crippen LogP contribution in [0.25, 0.3) is 0 Å². The van der Waals surface area contributed by atoms with Crippen molar-refractivity contribution in [2.24, 2.45) is 11.8 Å². The lowest BCUT2D eigenvalue weighted by Crippen LogP contribution is -2.34. The summed E-state index contributed by atoms with van der Waals surface area (Å²) >= 11 is 5.69. The Balaban J connectivity index is 2.53. The highest BCUT2D eigenvalue weighted by molar-refractivity contribution is 6.30. The molecular weight excluding hydrogens is 190 g/mol. The van der Waals surface area contributed by atoms with Gasteiger partial charge in [-0.2, -0.15) is 0 Å². The fourth-order valence-corrected chi connectivity index (χ4v) is 1.84. The van der Waals surface area contributed by atoms with E-state index in [1.54, 1.807) is 11.8 Å². The number of aliphatic hydroxyl groups is 1. The van der Waals surface area contributed by atoms with Gasteiger partial charge in [-0.15, -0.1) is 11.6 Å². The number of rotatable bonds is 2. The van der Waals surface area contributed by atoms with Crippen LogP contribution in [0.4, 0.5) is 0 Å². The summed E-state index contributed by atoms with van der Waals surface area (Å²) in [6.07, 6.45) is 0. The van der Waals surface area contributed by atoms with Crippen molar-refractivity contribution in [1.29, 1.82) is 0 Å². The number of amides is 1. The van der Waals surface area contributed by atoms with E-state index in [2.05, 4.69) is 0 Å². The average molecular weight is 206 g/mol. The van der Waals surface area contributed by atoms with Gasteiger partial charge in [0.1, 0.15) is 5.38 Å². The summed E-state index contributed by atoms with van der Waals surface area (Å²) in [7, 11) is 0. The summed E-state index contributed by atoms with van der Waals surface area (Å²) in [5, 5.41) is 8.55. The molecule has 1 heterocycles. The second kappa shape index (κ2) is 4.29. The SMILES string of the molecule is C[C@H](Cl)C(=O)N1C[C@H](CO)[C@H](C)C1. The van der Waals surface area contributed by atoms with Gasteiger partial charge in [0.25, 0.3) is 0 Å². The number of likely N-dealkylation sites (tertiary alicyclic amines) is 1. The summed E-state index contributed by atoms with van der Waals surface area (Å²) in [4.78, 5) is 13.2. The third-order valence-corrected chi connectivity index (χ3v) is 2.84. The molecule has 0 bridgehead atoms. The molecule has 13 heavy (non-hydrogen) atoms. The second-order valence-corrected chi connectivity index (χ2v) is 4.43. The number of halogens is 1. The third-order valence-electron chi connectivity index (χ3n) is 2.65. The van der Waals surface area contributed by atoms with Crippen LogP contribution in [-0.2, 0) is 4.79 Å². The van der Waals surface area contributed by atoms with E-state index < -0.39 is 5.38 Å². The minimum Gasteiger partial charge on any atom is -0.396 e. The summed E-state index contributed by atoms with van der Waals surface area (Å²) in [6.45, 7) is 5.25. The number of hydrogen-bond acceptors (Lipinski definition) is 2. The second-order valence-electron chi connectivity index (χ2n) is 3.78. The average Bonchev–Trinajstić information content (AvgIpc) is 2.45. The fourth-order valence-electron chi connectivity index (χ4n) is 1.70. The zero-order chi connectivity index (χ0) is 10.0. The van der Waals surface area contributed by atoms with Gasteiger partial charge in [0, 0.05) is 25.6 Å². The molecule has 3 nitrogen and oxygen atoms in total. The van der Waals surface area contributed by atoms with Crippen LogP contribution in [0.2, 0.25) is 0 Å². The molecule has 1 aliphatic rings. The molecule has 1 fully saturated rings. The Morgan fingerprint density at radius 3 is 2.69 bits per heavy atom. The fraction of sp³-hybridized carbons (Fsp3) is 0.889. The van der Waals surface area contributed by atoms with Gasteiger partial charge >= 0.3 is 0 Å². The Kier molecular flexibility index (Phi) is 3.56. The predicted molar refractivity (Wildman–Crippen MR) is 51.6 cm³/mol. The van der Waals surface area contributed by atoms with Crippen molar-refractivity contribution in [2.75, 3.05) is 19.7 Å².